The van der Waals surface area contributed by atoms with Crippen LogP contribution in [0.4, 0.5) is 11.4 Å². The predicted octanol–water partition coefficient (Wildman–Crippen LogP) is 3.68. The number of nitrogen functional groups attached to an aromatic ring is 1. The summed E-state index contributed by atoms with van der Waals surface area (Å²) in [4.78, 5) is -0.0266. The molecule has 2 aromatic carbocycles. The molecule has 0 amide bonds. The van der Waals surface area contributed by atoms with Crippen molar-refractivity contribution in [2.24, 2.45) is 0 Å². The number of benzene rings is 2. The van der Waals surface area contributed by atoms with E-state index in [0.29, 0.717) is 15.7 Å². The van der Waals surface area contributed by atoms with Crippen LogP contribution in [0.1, 0.15) is 5.56 Å². The van der Waals surface area contributed by atoms with Gasteiger partial charge in [0.1, 0.15) is 4.90 Å². The normalized spacial score (nSPS) is 11.3. The third-order valence-electron chi connectivity index (χ3n) is 2.71. The molecular weight excluding hydrogens is 319 g/mol. The molecule has 0 fully saturated rings. The maximum absolute atomic E-state index is 12.3. The summed E-state index contributed by atoms with van der Waals surface area (Å²) in [5.74, 6) is 0. The first kappa shape index (κ1) is 15.0. The monoisotopic (exact) mass is 330 g/mol. The van der Waals surface area contributed by atoms with Crippen molar-refractivity contribution in [1.29, 1.82) is 0 Å². The largest absolute Gasteiger partial charge is 0.398 e. The van der Waals surface area contributed by atoms with Gasteiger partial charge in [0.2, 0.25) is 0 Å². The van der Waals surface area contributed by atoms with Crippen LogP contribution in [0.3, 0.4) is 0 Å². The minimum atomic E-state index is -3.79. The molecule has 0 saturated carbocycles. The Bertz CT molecular complexity index is 761. The Morgan fingerprint density at radius 1 is 1.05 bits per heavy atom. The van der Waals surface area contributed by atoms with Crippen molar-refractivity contribution in [2.45, 2.75) is 11.8 Å². The molecule has 7 heteroatoms. The Labute approximate surface area is 127 Å². The highest BCUT2D eigenvalue weighted by Gasteiger charge is 2.18. The van der Waals surface area contributed by atoms with Gasteiger partial charge in [0.15, 0.2) is 0 Å². The Balaban J connectivity index is 2.43. The van der Waals surface area contributed by atoms with Crippen LogP contribution < -0.4 is 10.5 Å². The number of aryl methyl sites for hydroxylation is 1. The van der Waals surface area contributed by atoms with Gasteiger partial charge >= 0.3 is 0 Å². The van der Waals surface area contributed by atoms with Gasteiger partial charge in [0.05, 0.1) is 11.4 Å². The van der Waals surface area contributed by atoms with Crippen LogP contribution in [-0.2, 0) is 10.0 Å². The Kier molecular flexibility index (Phi) is 4.13. The average molecular weight is 331 g/mol. The van der Waals surface area contributed by atoms with Gasteiger partial charge < -0.3 is 5.73 Å². The molecule has 106 valence electrons. The number of halogens is 2. The lowest BCUT2D eigenvalue weighted by Gasteiger charge is -2.12. The highest BCUT2D eigenvalue weighted by atomic mass is 35.5. The minimum absolute atomic E-state index is 0.0266. The number of nitrogens with one attached hydrogen (secondary N) is 1. The first-order valence-electron chi connectivity index (χ1n) is 5.63. The van der Waals surface area contributed by atoms with E-state index in [2.05, 4.69) is 4.72 Å². The standard InChI is InChI=1S/C13H12Cl2N2O2S/c1-8-2-3-10(15)7-12(8)17-20(18,19)13-5-4-9(14)6-11(13)16/h2-7,17H,16H2,1H3. The van der Waals surface area contributed by atoms with E-state index in [-0.39, 0.29) is 10.6 Å². The van der Waals surface area contributed by atoms with E-state index in [4.69, 9.17) is 28.9 Å². The smallest absolute Gasteiger partial charge is 0.263 e. The SMILES string of the molecule is Cc1ccc(Cl)cc1NS(=O)(=O)c1ccc(Cl)cc1N. The molecule has 2 aromatic rings. The number of sulfonamides is 1. The quantitative estimate of drug-likeness (QED) is 0.843. The van der Waals surface area contributed by atoms with Gasteiger partial charge in [-0.25, -0.2) is 8.42 Å². The van der Waals surface area contributed by atoms with Gasteiger partial charge in [-0.1, -0.05) is 29.3 Å². The van der Waals surface area contributed by atoms with Crippen LogP contribution >= 0.6 is 23.2 Å². The molecule has 0 atom stereocenters. The van der Waals surface area contributed by atoms with Crippen molar-refractivity contribution >= 4 is 44.6 Å². The fourth-order valence-electron chi connectivity index (χ4n) is 1.67. The topological polar surface area (TPSA) is 72.2 Å². The molecular formula is C13H12Cl2N2O2S. The van der Waals surface area contributed by atoms with Crippen LogP contribution in [-0.4, -0.2) is 8.42 Å². The molecule has 0 saturated heterocycles. The van der Waals surface area contributed by atoms with Crippen LogP contribution in [0, 0.1) is 6.92 Å². The zero-order valence-corrected chi connectivity index (χ0v) is 12.9. The second-order valence-corrected chi connectivity index (χ2v) is 6.77. The van der Waals surface area contributed by atoms with Gasteiger partial charge in [0, 0.05) is 10.0 Å². The van der Waals surface area contributed by atoms with Crippen molar-refractivity contribution in [2.75, 3.05) is 10.5 Å². The van der Waals surface area contributed by atoms with Crippen molar-refractivity contribution in [3.63, 3.8) is 0 Å². The van der Waals surface area contributed by atoms with E-state index in [0.717, 1.165) is 5.56 Å². The summed E-state index contributed by atoms with van der Waals surface area (Å²) in [7, 11) is -3.79. The molecule has 3 N–H and O–H groups in total. The molecule has 0 aliphatic carbocycles. The van der Waals surface area contributed by atoms with Crippen LogP contribution in [0.25, 0.3) is 0 Å². The molecule has 0 aliphatic rings. The van der Waals surface area contributed by atoms with E-state index in [1.165, 1.54) is 18.2 Å². The van der Waals surface area contributed by atoms with Crippen LogP contribution in [0.2, 0.25) is 10.0 Å². The summed E-state index contributed by atoms with van der Waals surface area (Å²) in [5, 5.41) is 0.817. The predicted molar refractivity (Wildman–Crippen MR) is 82.9 cm³/mol. The lowest BCUT2D eigenvalue weighted by Crippen LogP contribution is -2.15. The third kappa shape index (κ3) is 3.17. The third-order valence-corrected chi connectivity index (χ3v) is 4.61. The number of hydrogen-bond acceptors (Lipinski definition) is 3. The highest BCUT2D eigenvalue weighted by Crippen LogP contribution is 2.27. The van der Waals surface area contributed by atoms with E-state index in [1.807, 2.05) is 0 Å². The summed E-state index contributed by atoms with van der Waals surface area (Å²) in [6, 6.07) is 9.18. The highest BCUT2D eigenvalue weighted by molar-refractivity contribution is 7.92. The summed E-state index contributed by atoms with van der Waals surface area (Å²) >= 11 is 11.6. The molecule has 20 heavy (non-hydrogen) atoms. The number of hydrogen-bond donors (Lipinski definition) is 2. The summed E-state index contributed by atoms with van der Waals surface area (Å²) < 4.78 is 27.1. The van der Waals surface area contributed by atoms with Gasteiger partial charge in [-0.15, -0.1) is 0 Å². The number of anilines is 2. The van der Waals surface area contributed by atoms with Crippen LogP contribution in [0.15, 0.2) is 41.3 Å². The maximum Gasteiger partial charge on any atom is 0.263 e. The Morgan fingerprint density at radius 2 is 1.65 bits per heavy atom. The van der Waals surface area contributed by atoms with Crippen molar-refractivity contribution in [1.82, 2.24) is 0 Å². The summed E-state index contributed by atoms with van der Waals surface area (Å²) in [6.45, 7) is 1.78. The summed E-state index contributed by atoms with van der Waals surface area (Å²) in [6.07, 6.45) is 0. The average Bonchev–Trinajstić information content (AvgIpc) is 2.33. The molecule has 4 nitrogen and oxygen atoms in total. The van der Waals surface area contributed by atoms with Gasteiger partial charge in [-0.2, -0.15) is 0 Å². The fraction of sp³-hybridized carbons (Fsp3) is 0.0769. The molecule has 0 radical (unpaired) electrons. The van der Waals surface area contributed by atoms with E-state index in [9.17, 15) is 8.42 Å². The summed E-state index contributed by atoms with van der Waals surface area (Å²) in [5.41, 5.74) is 6.95. The van der Waals surface area contributed by atoms with Crippen molar-refractivity contribution < 1.29 is 8.42 Å². The molecule has 0 aliphatic heterocycles. The molecule has 0 heterocycles. The van der Waals surface area contributed by atoms with E-state index < -0.39 is 10.0 Å². The van der Waals surface area contributed by atoms with E-state index in [1.54, 1.807) is 25.1 Å². The second kappa shape index (κ2) is 5.52. The molecule has 0 spiro atoms. The molecule has 0 bridgehead atoms. The maximum atomic E-state index is 12.3. The van der Waals surface area contributed by atoms with Crippen molar-refractivity contribution in [3.05, 3.63) is 52.0 Å². The Hall–Kier alpha value is -1.43. The molecule has 2 rings (SSSR count). The first-order valence-corrected chi connectivity index (χ1v) is 7.87. The van der Waals surface area contributed by atoms with E-state index >= 15 is 0 Å². The van der Waals surface area contributed by atoms with Crippen molar-refractivity contribution in [3.8, 4) is 0 Å². The first-order chi connectivity index (χ1) is 9.29. The number of nitrogens with two attached hydrogens (primary N) is 1. The van der Waals surface area contributed by atoms with Gasteiger partial charge in [-0.05, 0) is 42.8 Å². The van der Waals surface area contributed by atoms with Crippen LogP contribution in [0.5, 0.6) is 0 Å². The lowest BCUT2D eigenvalue weighted by molar-refractivity contribution is 0.601. The molecule has 0 aromatic heterocycles. The van der Waals surface area contributed by atoms with Gasteiger partial charge in [0.25, 0.3) is 10.0 Å². The minimum Gasteiger partial charge on any atom is -0.398 e. The number of rotatable bonds is 3. The molecule has 0 unspecified atom stereocenters. The zero-order valence-electron chi connectivity index (χ0n) is 10.5. The lowest BCUT2D eigenvalue weighted by atomic mass is 10.2. The Morgan fingerprint density at radius 3 is 2.30 bits per heavy atom. The second-order valence-electron chi connectivity index (χ2n) is 4.25. The van der Waals surface area contributed by atoms with Gasteiger partial charge in [-0.3, -0.25) is 4.72 Å². The zero-order chi connectivity index (χ0) is 14.9. The fourth-order valence-corrected chi connectivity index (χ4v) is 3.26.